The summed E-state index contributed by atoms with van der Waals surface area (Å²) in [5.74, 6) is -0.319. The third-order valence-corrected chi connectivity index (χ3v) is 3.38. The van der Waals surface area contributed by atoms with Crippen molar-refractivity contribution < 1.29 is 15.0 Å². The minimum absolute atomic E-state index is 0.00122. The molecule has 0 spiro atoms. The van der Waals surface area contributed by atoms with Crippen LogP contribution < -0.4 is 5.32 Å². The second-order valence-electron chi connectivity index (χ2n) is 5.09. The second kappa shape index (κ2) is 5.97. The standard InChI is InChI=1S/C13H19N3O3/c1-8-5-11(12(18)19)16-13(15-8)14-7-9-3-2-4-10(17)6-9/h5,9-10,17H,2-4,6-7H2,1H3,(H,18,19)(H,14,15,16). The zero-order valence-electron chi connectivity index (χ0n) is 11.0. The topological polar surface area (TPSA) is 95.3 Å². The van der Waals surface area contributed by atoms with Crippen LogP contribution in [-0.2, 0) is 0 Å². The molecule has 1 aromatic rings. The van der Waals surface area contributed by atoms with Gasteiger partial charge < -0.3 is 15.5 Å². The molecule has 6 nitrogen and oxygen atoms in total. The predicted molar refractivity (Wildman–Crippen MR) is 70.2 cm³/mol. The fourth-order valence-electron chi connectivity index (χ4n) is 2.44. The Hall–Kier alpha value is -1.69. The number of nitrogens with one attached hydrogen (secondary N) is 1. The van der Waals surface area contributed by atoms with Gasteiger partial charge in [0.05, 0.1) is 6.10 Å². The van der Waals surface area contributed by atoms with Crippen LogP contribution in [0.25, 0.3) is 0 Å². The summed E-state index contributed by atoms with van der Waals surface area (Å²) < 4.78 is 0. The molecule has 2 unspecified atom stereocenters. The molecule has 1 aromatic heterocycles. The van der Waals surface area contributed by atoms with Crippen molar-refractivity contribution in [3.63, 3.8) is 0 Å². The fraction of sp³-hybridized carbons (Fsp3) is 0.615. The molecule has 1 heterocycles. The highest BCUT2D eigenvalue weighted by Crippen LogP contribution is 2.24. The number of nitrogens with zero attached hydrogens (tertiary/aromatic N) is 2. The molecule has 0 radical (unpaired) electrons. The Labute approximate surface area is 111 Å². The first-order chi connectivity index (χ1) is 9.04. The number of aryl methyl sites for hydroxylation is 1. The van der Waals surface area contributed by atoms with Gasteiger partial charge in [0.1, 0.15) is 0 Å². The predicted octanol–water partition coefficient (Wildman–Crippen LogP) is 1.45. The van der Waals surface area contributed by atoms with Gasteiger partial charge in [-0.05, 0) is 38.2 Å². The van der Waals surface area contributed by atoms with Crippen LogP contribution in [0.1, 0.15) is 41.9 Å². The number of aliphatic hydroxyl groups excluding tert-OH is 1. The van der Waals surface area contributed by atoms with Crippen LogP contribution in [0.5, 0.6) is 0 Å². The molecule has 1 saturated carbocycles. The molecule has 0 aromatic carbocycles. The Morgan fingerprint density at radius 1 is 1.47 bits per heavy atom. The van der Waals surface area contributed by atoms with Crippen molar-refractivity contribution in [1.29, 1.82) is 0 Å². The molecular formula is C13H19N3O3. The molecular weight excluding hydrogens is 246 g/mol. The SMILES string of the molecule is Cc1cc(C(=O)O)nc(NCC2CCCC(O)C2)n1. The van der Waals surface area contributed by atoms with E-state index in [2.05, 4.69) is 15.3 Å². The Morgan fingerprint density at radius 2 is 2.26 bits per heavy atom. The van der Waals surface area contributed by atoms with Gasteiger partial charge in [-0.3, -0.25) is 0 Å². The summed E-state index contributed by atoms with van der Waals surface area (Å²) >= 11 is 0. The number of anilines is 1. The maximum Gasteiger partial charge on any atom is 0.354 e. The number of aromatic carboxylic acids is 1. The first-order valence-corrected chi connectivity index (χ1v) is 6.55. The molecule has 1 aliphatic carbocycles. The van der Waals surface area contributed by atoms with Gasteiger partial charge in [-0.15, -0.1) is 0 Å². The third-order valence-electron chi connectivity index (χ3n) is 3.38. The van der Waals surface area contributed by atoms with E-state index in [1.54, 1.807) is 6.92 Å². The number of rotatable bonds is 4. The highest BCUT2D eigenvalue weighted by atomic mass is 16.4. The zero-order chi connectivity index (χ0) is 13.8. The van der Waals surface area contributed by atoms with Crippen molar-refractivity contribution in [2.45, 2.75) is 38.7 Å². The normalized spacial score (nSPS) is 23.1. The number of carboxylic acids is 1. The van der Waals surface area contributed by atoms with Crippen molar-refractivity contribution in [1.82, 2.24) is 9.97 Å². The van der Waals surface area contributed by atoms with Crippen LogP contribution in [0.4, 0.5) is 5.95 Å². The summed E-state index contributed by atoms with van der Waals surface area (Å²) in [6.07, 6.45) is 3.55. The molecule has 0 amide bonds. The molecule has 3 N–H and O–H groups in total. The Kier molecular flexibility index (Phi) is 4.31. The van der Waals surface area contributed by atoms with Crippen LogP contribution in [0, 0.1) is 12.8 Å². The summed E-state index contributed by atoms with van der Waals surface area (Å²) in [7, 11) is 0. The molecule has 0 saturated heterocycles. The molecule has 0 bridgehead atoms. The summed E-state index contributed by atoms with van der Waals surface area (Å²) in [6.45, 7) is 2.41. The molecule has 2 atom stereocenters. The van der Waals surface area contributed by atoms with Gasteiger partial charge in [0.2, 0.25) is 5.95 Å². The lowest BCUT2D eigenvalue weighted by molar-refractivity contribution is 0.0690. The van der Waals surface area contributed by atoms with Crippen molar-refractivity contribution in [3.05, 3.63) is 17.5 Å². The van der Waals surface area contributed by atoms with Gasteiger partial charge in [-0.25, -0.2) is 14.8 Å². The quantitative estimate of drug-likeness (QED) is 0.762. The zero-order valence-corrected chi connectivity index (χ0v) is 11.0. The molecule has 0 aliphatic heterocycles. The average molecular weight is 265 g/mol. The molecule has 19 heavy (non-hydrogen) atoms. The Balaban J connectivity index is 1.97. The van der Waals surface area contributed by atoms with Gasteiger partial charge in [0.15, 0.2) is 5.69 Å². The third kappa shape index (κ3) is 3.89. The summed E-state index contributed by atoms with van der Waals surface area (Å²) in [5, 5.41) is 21.6. The van der Waals surface area contributed by atoms with E-state index in [0.29, 0.717) is 24.1 Å². The first-order valence-electron chi connectivity index (χ1n) is 6.55. The number of aromatic nitrogens is 2. The van der Waals surface area contributed by atoms with E-state index in [1.807, 2.05) is 0 Å². The number of aliphatic hydroxyl groups is 1. The van der Waals surface area contributed by atoms with E-state index < -0.39 is 5.97 Å². The van der Waals surface area contributed by atoms with Crippen molar-refractivity contribution >= 4 is 11.9 Å². The van der Waals surface area contributed by atoms with E-state index in [-0.39, 0.29) is 11.8 Å². The van der Waals surface area contributed by atoms with E-state index in [9.17, 15) is 9.90 Å². The molecule has 6 heteroatoms. The van der Waals surface area contributed by atoms with Crippen molar-refractivity contribution in [3.8, 4) is 0 Å². The lowest BCUT2D eigenvalue weighted by Crippen LogP contribution is -2.25. The van der Waals surface area contributed by atoms with Crippen LogP contribution in [0.15, 0.2) is 6.07 Å². The highest BCUT2D eigenvalue weighted by molar-refractivity contribution is 5.85. The summed E-state index contributed by atoms with van der Waals surface area (Å²) in [4.78, 5) is 19.0. The average Bonchev–Trinajstić information content (AvgIpc) is 2.36. The van der Waals surface area contributed by atoms with E-state index in [1.165, 1.54) is 6.07 Å². The van der Waals surface area contributed by atoms with E-state index in [0.717, 1.165) is 25.7 Å². The number of hydrogen-bond donors (Lipinski definition) is 3. The van der Waals surface area contributed by atoms with Crippen LogP contribution in [0.2, 0.25) is 0 Å². The Morgan fingerprint density at radius 3 is 2.95 bits per heavy atom. The van der Waals surface area contributed by atoms with Gasteiger partial charge >= 0.3 is 5.97 Å². The van der Waals surface area contributed by atoms with Crippen molar-refractivity contribution in [2.24, 2.45) is 5.92 Å². The largest absolute Gasteiger partial charge is 0.477 e. The fourth-order valence-corrected chi connectivity index (χ4v) is 2.44. The van der Waals surface area contributed by atoms with E-state index >= 15 is 0 Å². The number of carboxylic acid groups (broad SMARTS) is 1. The van der Waals surface area contributed by atoms with Crippen LogP contribution in [-0.4, -0.2) is 38.8 Å². The monoisotopic (exact) mass is 265 g/mol. The summed E-state index contributed by atoms with van der Waals surface area (Å²) in [5.41, 5.74) is 0.622. The maximum atomic E-state index is 10.9. The van der Waals surface area contributed by atoms with Gasteiger partial charge in [0, 0.05) is 12.2 Å². The Bertz CT molecular complexity index is 464. The van der Waals surface area contributed by atoms with Gasteiger partial charge in [-0.1, -0.05) is 6.42 Å². The first kappa shape index (κ1) is 13.7. The van der Waals surface area contributed by atoms with Gasteiger partial charge in [-0.2, -0.15) is 0 Å². The lowest BCUT2D eigenvalue weighted by atomic mass is 9.87. The van der Waals surface area contributed by atoms with Crippen LogP contribution >= 0.6 is 0 Å². The molecule has 1 aliphatic rings. The summed E-state index contributed by atoms with van der Waals surface area (Å²) in [6, 6.07) is 1.44. The molecule has 1 fully saturated rings. The smallest absolute Gasteiger partial charge is 0.354 e. The number of hydrogen-bond acceptors (Lipinski definition) is 5. The van der Waals surface area contributed by atoms with Gasteiger partial charge in [0.25, 0.3) is 0 Å². The molecule has 2 rings (SSSR count). The maximum absolute atomic E-state index is 10.9. The highest BCUT2D eigenvalue weighted by Gasteiger charge is 2.20. The van der Waals surface area contributed by atoms with E-state index in [4.69, 9.17) is 5.11 Å². The van der Waals surface area contributed by atoms with Crippen LogP contribution in [0.3, 0.4) is 0 Å². The number of carbonyl (C=O) groups is 1. The molecule has 104 valence electrons. The van der Waals surface area contributed by atoms with Crippen molar-refractivity contribution in [2.75, 3.05) is 11.9 Å². The minimum Gasteiger partial charge on any atom is -0.477 e. The lowest BCUT2D eigenvalue weighted by Gasteiger charge is -2.25. The second-order valence-corrected chi connectivity index (χ2v) is 5.09. The minimum atomic E-state index is -1.05.